The Balaban J connectivity index is 2.26. The number of hydrogen-bond acceptors (Lipinski definition) is 2. The highest BCUT2D eigenvalue weighted by Crippen LogP contribution is 2.27. The Kier molecular flexibility index (Phi) is 4.30. The van der Waals surface area contributed by atoms with Crippen LogP contribution in [0.5, 0.6) is 5.75 Å². The zero-order valence-corrected chi connectivity index (χ0v) is 11.6. The zero-order valence-electron chi connectivity index (χ0n) is 10.1. The minimum Gasteiger partial charge on any atom is -0.496 e. The smallest absolute Gasteiger partial charge is 0.259 e. The molecule has 98 valence electrons. The molecule has 0 fully saturated rings. The van der Waals surface area contributed by atoms with E-state index in [2.05, 4.69) is 5.32 Å². The largest absolute Gasteiger partial charge is 0.496 e. The van der Waals surface area contributed by atoms with Crippen molar-refractivity contribution in [3.63, 3.8) is 0 Å². The number of para-hydroxylation sites is 1. The second kappa shape index (κ2) is 5.95. The molecular formula is C14H11Cl2NO2. The third-order valence-corrected chi connectivity index (χ3v) is 3.08. The average Bonchev–Trinajstić information content (AvgIpc) is 2.41. The lowest BCUT2D eigenvalue weighted by molar-refractivity contribution is 0.102. The van der Waals surface area contributed by atoms with Crippen molar-refractivity contribution in [1.29, 1.82) is 0 Å². The molecule has 2 aromatic carbocycles. The first-order chi connectivity index (χ1) is 9.11. The topological polar surface area (TPSA) is 38.3 Å². The Morgan fingerprint density at radius 1 is 1.16 bits per heavy atom. The SMILES string of the molecule is COc1ccccc1C(=O)Nc1ccc(Cl)cc1Cl. The van der Waals surface area contributed by atoms with Crippen molar-refractivity contribution in [3.05, 3.63) is 58.1 Å². The van der Waals surface area contributed by atoms with Crippen molar-refractivity contribution in [2.45, 2.75) is 0 Å². The van der Waals surface area contributed by atoms with Gasteiger partial charge in [0.1, 0.15) is 5.75 Å². The molecule has 0 radical (unpaired) electrons. The summed E-state index contributed by atoms with van der Waals surface area (Å²) in [5.74, 6) is 0.215. The Labute approximate surface area is 121 Å². The number of hydrogen-bond donors (Lipinski definition) is 1. The molecule has 2 aromatic rings. The minimum atomic E-state index is -0.290. The molecule has 0 saturated carbocycles. The summed E-state index contributed by atoms with van der Waals surface area (Å²) in [5, 5.41) is 3.62. The molecule has 0 spiro atoms. The van der Waals surface area contributed by atoms with Crippen molar-refractivity contribution >= 4 is 34.8 Å². The molecule has 0 saturated heterocycles. The Hall–Kier alpha value is -1.71. The normalized spacial score (nSPS) is 10.1. The Morgan fingerprint density at radius 2 is 1.89 bits per heavy atom. The highest BCUT2D eigenvalue weighted by atomic mass is 35.5. The van der Waals surface area contributed by atoms with Gasteiger partial charge in [0.25, 0.3) is 5.91 Å². The number of halogens is 2. The van der Waals surface area contributed by atoms with Crippen LogP contribution in [0.3, 0.4) is 0 Å². The second-order valence-corrected chi connectivity index (χ2v) is 4.62. The second-order valence-electron chi connectivity index (χ2n) is 3.78. The molecule has 0 aliphatic carbocycles. The summed E-state index contributed by atoms with van der Waals surface area (Å²) in [6.07, 6.45) is 0. The summed E-state index contributed by atoms with van der Waals surface area (Å²) in [6, 6.07) is 11.8. The highest BCUT2D eigenvalue weighted by Gasteiger charge is 2.13. The van der Waals surface area contributed by atoms with Gasteiger partial charge in [-0.25, -0.2) is 0 Å². The molecule has 0 aliphatic heterocycles. The van der Waals surface area contributed by atoms with Gasteiger partial charge in [0.15, 0.2) is 0 Å². The highest BCUT2D eigenvalue weighted by molar-refractivity contribution is 6.36. The van der Waals surface area contributed by atoms with Crippen LogP contribution in [0.25, 0.3) is 0 Å². The van der Waals surface area contributed by atoms with E-state index in [-0.39, 0.29) is 5.91 Å². The van der Waals surface area contributed by atoms with Crippen molar-refractivity contribution in [2.24, 2.45) is 0 Å². The van der Waals surface area contributed by atoms with Crippen molar-refractivity contribution in [2.75, 3.05) is 12.4 Å². The standard InChI is InChI=1S/C14H11Cl2NO2/c1-19-13-5-3-2-4-10(13)14(18)17-12-7-6-9(15)8-11(12)16/h2-8H,1H3,(H,17,18). The molecule has 19 heavy (non-hydrogen) atoms. The van der Waals surface area contributed by atoms with Gasteiger partial charge in [-0.2, -0.15) is 0 Å². The number of methoxy groups -OCH3 is 1. The van der Waals surface area contributed by atoms with Crippen LogP contribution in [0.2, 0.25) is 10.0 Å². The number of rotatable bonds is 3. The fourth-order valence-corrected chi connectivity index (χ4v) is 2.07. The van der Waals surface area contributed by atoms with E-state index in [9.17, 15) is 4.79 Å². The number of ether oxygens (including phenoxy) is 1. The summed E-state index contributed by atoms with van der Waals surface area (Å²) in [4.78, 5) is 12.1. The molecule has 0 heterocycles. The minimum absolute atomic E-state index is 0.290. The lowest BCUT2D eigenvalue weighted by atomic mass is 10.2. The quantitative estimate of drug-likeness (QED) is 0.919. The van der Waals surface area contributed by atoms with Gasteiger partial charge < -0.3 is 10.1 Å². The van der Waals surface area contributed by atoms with Crippen LogP contribution in [-0.4, -0.2) is 13.0 Å². The molecule has 3 nitrogen and oxygen atoms in total. The van der Waals surface area contributed by atoms with Gasteiger partial charge in [-0.05, 0) is 30.3 Å². The van der Waals surface area contributed by atoms with Gasteiger partial charge in [0.05, 0.1) is 23.4 Å². The lowest BCUT2D eigenvalue weighted by Gasteiger charge is -2.10. The van der Waals surface area contributed by atoms with E-state index in [0.29, 0.717) is 27.0 Å². The molecule has 0 bridgehead atoms. The van der Waals surface area contributed by atoms with Gasteiger partial charge in [-0.1, -0.05) is 35.3 Å². The molecule has 2 rings (SSSR count). The Morgan fingerprint density at radius 3 is 2.58 bits per heavy atom. The Bertz CT molecular complexity index is 614. The van der Waals surface area contributed by atoms with E-state index in [1.165, 1.54) is 7.11 Å². The van der Waals surface area contributed by atoms with Crippen LogP contribution >= 0.6 is 23.2 Å². The van der Waals surface area contributed by atoms with Crippen LogP contribution in [0.15, 0.2) is 42.5 Å². The number of benzene rings is 2. The summed E-state index contributed by atoms with van der Waals surface area (Å²) in [6.45, 7) is 0. The molecule has 0 unspecified atom stereocenters. The molecule has 0 atom stereocenters. The van der Waals surface area contributed by atoms with Crippen LogP contribution in [0.4, 0.5) is 5.69 Å². The molecule has 0 aromatic heterocycles. The number of carbonyl (C=O) groups excluding carboxylic acids is 1. The molecule has 5 heteroatoms. The number of nitrogens with one attached hydrogen (secondary N) is 1. The van der Waals surface area contributed by atoms with E-state index in [0.717, 1.165) is 0 Å². The van der Waals surface area contributed by atoms with Gasteiger partial charge in [0, 0.05) is 5.02 Å². The van der Waals surface area contributed by atoms with E-state index >= 15 is 0 Å². The molecular weight excluding hydrogens is 285 g/mol. The number of amides is 1. The van der Waals surface area contributed by atoms with Crippen LogP contribution in [0.1, 0.15) is 10.4 Å². The van der Waals surface area contributed by atoms with E-state index in [4.69, 9.17) is 27.9 Å². The molecule has 1 N–H and O–H groups in total. The van der Waals surface area contributed by atoms with Crippen molar-refractivity contribution in [1.82, 2.24) is 0 Å². The van der Waals surface area contributed by atoms with Crippen LogP contribution in [-0.2, 0) is 0 Å². The summed E-state index contributed by atoms with van der Waals surface area (Å²) in [7, 11) is 1.52. The average molecular weight is 296 g/mol. The predicted octanol–water partition coefficient (Wildman–Crippen LogP) is 4.25. The third-order valence-electron chi connectivity index (χ3n) is 2.53. The summed E-state index contributed by atoms with van der Waals surface area (Å²) in [5.41, 5.74) is 0.943. The van der Waals surface area contributed by atoms with Gasteiger partial charge in [0.2, 0.25) is 0 Å². The summed E-state index contributed by atoms with van der Waals surface area (Å²) < 4.78 is 5.14. The van der Waals surface area contributed by atoms with E-state index in [1.807, 2.05) is 0 Å². The monoisotopic (exact) mass is 295 g/mol. The van der Waals surface area contributed by atoms with E-state index in [1.54, 1.807) is 42.5 Å². The fraction of sp³-hybridized carbons (Fsp3) is 0.0714. The van der Waals surface area contributed by atoms with Gasteiger partial charge in [-0.15, -0.1) is 0 Å². The van der Waals surface area contributed by atoms with Crippen LogP contribution < -0.4 is 10.1 Å². The van der Waals surface area contributed by atoms with Crippen molar-refractivity contribution < 1.29 is 9.53 Å². The third kappa shape index (κ3) is 3.19. The maximum absolute atomic E-state index is 12.1. The number of anilines is 1. The number of carbonyl (C=O) groups is 1. The first kappa shape index (κ1) is 13.7. The van der Waals surface area contributed by atoms with Crippen LogP contribution in [0, 0.1) is 0 Å². The first-order valence-corrected chi connectivity index (χ1v) is 6.27. The molecule has 1 amide bonds. The van der Waals surface area contributed by atoms with E-state index < -0.39 is 0 Å². The van der Waals surface area contributed by atoms with Gasteiger partial charge >= 0.3 is 0 Å². The predicted molar refractivity (Wildman–Crippen MR) is 77.4 cm³/mol. The maximum Gasteiger partial charge on any atom is 0.259 e. The maximum atomic E-state index is 12.1. The van der Waals surface area contributed by atoms with Crippen molar-refractivity contribution in [3.8, 4) is 5.75 Å². The first-order valence-electron chi connectivity index (χ1n) is 5.51. The fourth-order valence-electron chi connectivity index (χ4n) is 1.61. The lowest BCUT2D eigenvalue weighted by Crippen LogP contribution is -2.13. The van der Waals surface area contributed by atoms with Gasteiger partial charge in [-0.3, -0.25) is 4.79 Å². The summed E-state index contributed by atoms with van der Waals surface area (Å²) >= 11 is 11.8. The molecule has 0 aliphatic rings. The zero-order chi connectivity index (χ0) is 13.8.